The van der Waals surface area contributed by atoms with E-state index in [1.807, 2.05) is 17.1 Å². The molecule has 0 saturated carbocycles. The molecule has 0 bridgehead atoms. The largest absolute Gasteiger partial charge is 0.497 e. The first-order valence-electron chi connectivity index (χ1n) is 10.6. The highest BCUT2D eigenvalue weighted by atomic mass is 16.5. The van der Waals surface area contributed by atoms with Crippen LogP contribution in [0.4, 0.5) is 5.69 Å². The number of hydrogen-bond donors (Lipinski definition) is 4. The monoisotopic (exact) mass is 434 g/mol. The zero-order valence-electron chi connectivity index (χ0n) is 17.8. The van der Waals surface area contributed by atoms with E-state index in [0.29, 0.717) is 12.5 Å². The summed E-state index contributed by atoms with van der Waals surface area (Å²) in [4.78, 5) is 39.8. The maximum absolute atomic E-state index is 12.4. The number of fused-ring (bicyclic) bond motifs is 1. The van der Waals surface area contributed by atoms with Crippen molar-refractivity contribution in [1.82, 2.24) is 15.3 Å². The van der Waals surface area contributed by atoms with E-state index >= 15 is 0 Å². The maximum atomic E-state index is 12.4. The summed E-state index contributed by atoms with van der Waals surface area (Å²) in [6, 6.07) is 16.7. The fourth-order valence-corrected chi connectivity index (χ4v) is 4.44. The highest BCUT2D eigenvalue weighted by Crippen LogP contribution is 2.40. The van der Waals surface area contributed by atoms with Gasteiger partial charge in [-0.25, -0.2) is 4.79 Å². The van der Waals surface area contributed by atoms with Crippen molar-refractivity contribution in [3.8, 4) is 5.75 Å². The van der Waals surface area contributed by atoms with E-state index < -0.39 is 17.2 Å². The van der Waals surface area contributed by atoms with Crippen molar-refractivity contribution in [2.75, 3.05) is 19.4 Å². The lowest BCUT2D eigenvalue weighted by Crippen LogP contribution is -2.34. The van der Waals surface area contributed by atoms with Crippen LogP contribution in [0.1, 0.15) is 45.9 Å². The number of ether oxygens (including phenoxy) is 1. The Morgan fingerprint density at radius 1 is 1.12 bits per heavy atom. The lowest BCUT2D eigenvalue weighted by molar-refractivity contribution is 0.0946. The second-order valence-electron chi connectivity index (χ2n) is 8.07. The predicted octanol–water partition coefficient (Wildman–Crippen LogP) is 2.17. The van der Waals surface area contributed by atoms with Gasteiger partial charge in [-0.3, -0.25) is 14.6 Å². The maximum Gasteiger partial charge on any atom is 0.326 e. The van der Waals surface area contributed by atoms with Crippen molar-refractivity contribution in [2.24, 2.45) is 5.92 Å². The van der Waals surface area contributed by atoms with Crippen LogP contribution in [0.15, 0.2) is 58.1 Å². The minimum Gasteiger partial charge on any atom is -0.497 e. The van der Waals surface area contributed by atoms with E-state index in [4.69, 9.17) is 10.5 Å². The third kappa shape index (κ3) is 4.44. The Labute approximate surface area is 184 Å². The Morgan fingerprint density at radius 3 is 2.62 bits per heavy atom. The number of methoxy groups -OCH3 is 1. The van der Waals surface area contributed by atoms with Gasteiger partial charge in [0.2, 0.25) is 0 Å². The summed E-state index contributed by atoms with van der Waals surface area (Å²) < 4.78 is 5.29. The number of nitrogens with two attached hydrogens (primary N) is 1. The molecule has 0 saturated heterocycles. The SMILES string of the molecule is COc1ccc([C@@H]2C[C@H](CCNC(=O)c3[nH]c(=O)[nH]c(=O)c3N)Cc3ccccc32)cc1. The Bertz CT molecular complexity index is 1230. The molecule has 32 heavy (non-hydrogen) atoms. The van der Waals surface area contributed by atoms with E-state index in [9.17, 15) is 14.4 Å². The van der Waals surface area contributed by atoms with E-state index in [2.05, 4.69) is 46.7 Å². The Balaban J connectivity index is 1.46. The molecule has 8 nitrogen and oxygen atoms in total. The molecule has 8 heteroatoms. The van der Waals surface area contributed by atoms with E-state index in [1.54, 1.807) is 7.11 Å². The molecular formula is C24H26N4O4. The molecule has 1 aromatic heterocycles. The third-order valence-electron chi connectivity index (χ3n) is 6.07. The standard InChI is InChI=1S/C24H26N4O4/c1-32-17-8-6-15(7-9-17)19-13-14(12-16-4-2-3-5-18(16)19)10-11-26-23(30)21-20(25)22(29)28-24(31)27-21/h2-9,14,19H,10-13,25H2,1H3,(H,26,30)(H2,27,28,29,31)/t14-,19+/m1/s1. The molecule has 0 radical (unpaired) electrons. The van der Waals surface area contributed by atoms with Crippen LogP contribution in [-0.4, -0.2) is 29.5 Å². The van der Waals surface area contributed by atoms with Crippen LogP contribution >= 0.6 is 0 Å². The minimum absolute atomic E-state index is 0.205. The number of H-pyrrole nitrogens is 2. The molecule has 0 fully saturated rings. The van der Waals surface area contributed by atoms with Gasteiger partial charge in [0.05, 0.1) is 7.11 Å². The van der Waals surface area contributed by atoms with Crippen molar-refractivity contribution in [2.45, 2.75) is 25.2 Å². The molecule has 1 aliphatic rings. The molecule has 166 valence electrons. The zero-order chi connectivity index (χ0) is 22.7. The fourth-order valence-electron chi connectivity index (χ4n) is 4.44. The van der Waals surface area contributed by atoms with Crippen LogP contribution in [0.3, 0.4) is 0 Å². The topological polar surface area (TPSA) is 130 Å². The van der Waals surface area contributed by atoms with Crippen molar-refractivity contribution in [3.63, 3.8) is 0 Å². The average Bonchev–Trinajstić information content (AvgIpc) is 2.81. The number of hydrogen-bond acceptors (Lipinski definition) is 5. The molecule has 1 heterocycles. The predicted molar refractivity (Wildman–Crippen MR) is 122 cm³/mol. The van der Waals surface area contributed by atoms with E-state index in [1.165, 1.54) is 16.7 Å². The Morgan fingerprint density at radius 2 is 1.88 bits per heavy atom. The van der Waals surface area contributed by atoms with Gasteiger partial charge in [-0.05, 0) is 54.0 Å². The van der Waals surface area contributed by atoms with Gasteiger partial charge in [-0.15, -0.1) is 0 Å². The number of carbonyl (C=O) groups excluding carboxylic acids is 1. The molecule has 5 N–H and O–H groups in total. The normalized spacial score (nSPS) is 17.4. The number of nitrogens with one attached hydrogen (secondary N) is 3. The molecular weight excluding hydrogens is 408 g/mol. The number of rotatable bonds is 6. The Hall–Kier alpha value is -3.81. The minimum atomic E-state index is -0.773. The smallest absolute Gasteiger partial charge is 0.326 e. The van der Waals surface area contributed by atoms with E-state index in [-0.39, 0.29) is 17.3 Å². The van der Waals surface area contributed by atoms with Crippen molar-refractivity contribution in [3.05, 3.63) is 91.8 Å². The van der Waals surface area contributed by atoms with Gasteiger partial charge in [0.15, 0.2) is 0 Å². The van der Waals surface area contributed by atoms with Crippen LogP contribution in [0.5, 0.6) is 5.75 Å². The van der Waals surface area contributed by atoms with Gasteiger partial charge in [0.1, 0.15) is 17.1 Å². The number of anilines is 1. The molecule has 0 unspecified atom stereocenters. The van der Waals surface area contributed by atoms with Crippen molar-refractivity contribution >= 4 is 11.6 Å². The number of aromatic nitrogens is 2. The summed E-state index contributed by atoms with van der Waals surface area (Å²) in [5.41, 5.74) is 7.50. The van der Waals surface area contributed by atoms with Crippen LogP contribution < -0.4 is 27.0 Å². The van der Waals surface area contributed by atoms with Gasteiger partial charge >= 0.3 is 5.69 Å². The average molecular weight is 434 g/mol. The molecule has 1 amide bonds. The highest BCUT2D eigenvalue weighted by molar-refractivity contribution is 5.96. The lowest BCUT2D eigenvalue weighted by atomic mass is 9.73. The molecule has 4 rings (SSSR count). The second-order valence-corrected chi connectivity index (χ2v) is 8.07. The summed E-state index contributed by atoms with van der Waals surface area (Å²) in [5.74, 6) is 0.905. The van der Waals surface area contributed by atoms with Crippen LogP contribution in [0.25, 0.3) is 0 Å². The summed E-state index contributed by atoms with van der Waals surface area (Å²) in [5, 5.41) is 2.78. The molecule has 1 aliphatic carbocycles. The quantitative estimate of drug-likeness (QED) is 0.472. The fraction of sp³-hybridized carbons (Fsp3) is 0.292. The third-order valence-corrected chi connectivity index (χ3v) is 6.07. The molecule has 0 aliphatic heterocycles. The summed E-state index contributed by atoms with van der Waals surface area (Å²) in [7, 11) is 1.66. The second kappa shape index (κ2) is 9.13. The Kier molecular flexibility index (Phi) is 6.11. The molecule has 2 aromatic carbocycles. The van der Waals surface area contributed by atoms with Gasteiger partial charge in [0.25, 0.3) is 11.5 Å². The number of aromatic amines is 2. The molecule has 3 aromatic rings. The first-order valence-corrected chi connectivity index (χ1v) is 10.6. The number of carbonyl (C=O) groups is 1. The van der Waals surface area contributed by atoms with Crippen LogP contribution in [-0.2, 0) is 6.42 Å². The summed E-state index contributed by atoms with van der Waals surface area (Å²) in [6.07, 6.45) is 2.66. The van der Waals surface area contributed by atoms with Gasteiger partial charge in [-0.2, -0.15) is 0 Å². The highest BCUT2D eigenvalue weighted by Gasteiger charge is 2.28. The first-order chi connectivity index (χ1) is 15.5. The number of nitrogen functional groups attached to an aromatic ring is 1. The molecule has 2 atom stereocenters. The van der Waals surface area contributed by atoms with Gasteiger partial charge in [0, 0.05) is 12.5 Å². The lowest BCUT2D eigenvalue weighted by Gasteiger charge is -2.32. The summed E-state index contributed by atoms with van der Waals surface area (Å²) >= 11 is 0. The number of benzene rings is 2. The van der Waals surface area contributed by atoms with Crippen molar-refractivity contribution in [1.29, 1.82) is 0 Å². The summed E-state index contributed by atoms with van der Waals surface area (Å²) in [6.45, 7) is 0.412. The zero-order valence-corrected chi connectivity index (χ0v) is 17.8. The van der Waals surface area contributed by atoms with Crippen LogP contribution in [0, 0.1) is 5.92 Å². The number of amides is 1. The van der Waals surface area contributed by atoms with Gasteiger partial charge < -0.3 is 20.8 Å². The van der Waals surface area contributed by atoms with Crippen molar-refractivity contribution < 1.29 is 9.53 Å². The van der Waals surface area contributed by atoms with E-state index in [0.717, 1.165) is 25.0 Å². The molecule has 0 spiro atoms. The first kappa shape index (κ1) is 21.4. The van der Waals surface area contributed by atoms with Crippen LogP contribution in [0.2, 0.25) is 0 Å². The van der Waals surface area contributed by atoms with Gasteiger partial charge in [-0.1, -0.05) is 36.4 Å².